The van der Waals surface area contributed by atoms with Crippen LogP contribution < -0.4 is 16.2 Å². The van der Waals surface area contributed by atoms with Crippen LogP contribution in [0.15, 0.2) is 34.0 Å². The molecule has 6 nitrogen and oxygen atoms in total. The van der Waals surface area contributed by atoms with Gasteiger partial charge in [-0.25, -0.2) is 13.2 Å². The van der Waals surface area contributed by atoms with Crippen molar-refractivity contribution in [3.63, 3.8) is 0 Å². The molecular formula is C30H37F3N4O2S. The molecule has 2 saturated carbocycles. The highest BCUT2D eigenvalue weighted by Gasteiger charge is 2.46. The standard InChI is InChI=1S/C30H37F3N4O2S/c1-16-11-26(40-4)24(28(38)35-16)15-34-29(39)27-18(3)37(25-10-7-20(31)12-23(25)27)17(2)19-5-8-21(9-6-19)36-22-13-30(32,33)14-22/h7,10-12,17,19,21-22,36H,5-6,8-9,13-15H2,1-4H3,(H,34,39)(H,35,38)/t17-,19?,21?/m1/s1/i15D2. The minimum absolute atomic E-state index is 0.0479. The average Bonchev–Trinajstić information content (AvgIpc) is 3.17. The molecule has 2 fully saturated rings. The number of halogens is 3. The van der Waals surface area contributed by atoms with Crippen LogP contribution >= 0.6 is 11.8 Å². The van der Waals surface area contributed by atoms with Gasteiger partial charge in [-0.2, -0.15) is 0 Å². The van der Waals surface area contributed by atoms with Gasteiger partial charge >= 0.3 is 0 Å². The number of hydrogen-bond donors (Lipinski definition) is 3. The van der Waals surface area contributed by atoms with Gasteiger partial charge in [0.15, 0.2) is 0 Å². The van der Waals surface area contributed by atoms with Crippen molar-refractivity contribution in [1.82, 2.24) is 20.2 Å². The van der Waals surface area contributed by atoms with Crippen molar-refractivity contribution in [1.29, 1.82) is 0 Å². The highest BCUT2D eigenvalue weighted by atomic mass is 32.2. The molecule has 2 heterocycles. The fourth-order valence-corrected chi connectivity index (χ4v) is 7.08. The molecule has 3 N–H and O–H groups in total. The lowest BCUT2D eigenvalue weighted by Crippen LogP contribution is -2.52. The number of carbonyl (C=O) groups excluding carboxylic acids is 1. The van der Waals surface area contributed by atoms with E-state index in [4.69, 9.17) is 2.74 Å². The maximum atomic E-state index is 14.5. The Morgan fingerprint density at radius 3 is 2.55 bits per heavy atom. The van der Waals surface area contributed by atoms with Crippen LogP contribution in [0.4, 0.5) is 13.2 Å². The lowest BCUT2D eigenvalue weighted by Gasteiger charge is -2.41. The van der Waals surface area contributed by atoms with Gasteiger partial charge in [0.05, 0.1) is 8.30 Å². The van der Waals surface area contributed by atoms with Gasteiger partial charge in [-0.15, -0.1) is 11.8 Å². The van der Waals surface area contributed by atoms with Gasteiger partial charge in [-0.3, -0.25) is 9.59 Å². The largest absolute Gasteiger partial charge is 0.348 e. The molecule has 3 aromatic rings. The summed E-state index contributed by atoms with van der Waals surface area (Å²) in [4.78, 5) is 29.5. The number of carbonyl (C=O) groups is 1. The summed E-state index contributed by atoms with van der Waals surface area (Å²) in [6.07, 6.45) is 5.00. The smallest absolute Gasteiger partial charge is 0.254 e. The number of pyridine rings is 1. The van der Waals surface area contributed by atoms with Crippen molar-refractivity contribution in [2.75, 3.05) is 6.26 Å². The van der Waals surface area contributed by atoms with Crippen molar-refractivity contribution in [3.8, 4) is 0 Å². The van der Waals surface area contributed by atoms with E-state index in [2.05, 4.69) is 22.5 Å². The van der Waals surface area contributed by atoms with Gasteiger partial charge in [-0.1, -0.05) is 0 Å². The highest BCUT2D eigenvalue weighted by Crippen LogP contribution is 2.41. The Morgan fingerprint density at radius 2 is 1.90 bits per heavy atom. The third kappa shape index (κ3) is 5.70. The Labute approximate surface area is 239 Å². The van der Waals surface area contributed by atoms with E-state index in [1.807, 2.05) is 4.57 Å². The fraction of sp³-hybridized carbons (Fsp3) is 0.533. The number of aromatic nitrogens is 2. The lowest BCUT2D eigenvalue weighted by molar-refractivity contribution is -0.0957. The number of aromatic amines is 1. The summed E-state index contributed by atoms with van der Waals surface area (Å²) < 4.78 is 60.3. The normalized spacial score (nSPS) is 22.9. The third-order valence-electron chi connectivity index (χ3n) is 8.51. The first-order valence-electron chi connectivity index (χ1n) is 14.8. The number of H-pyrrole nitrogens is 1. The van der Waals surface area contributed by atoms with Crippen LogP contribution in [0.3, 0.4) is 0 Å². The second-order valence-corrected chi connectivity index (χ2v) is 12.1. The Kier molecular flexibility index (Phi) is 7.39. The fourth-order valence-electron chi connectivity index (χ4n) is 6.44. The number of fused-ring (bicyclic) bond motifs is 1. The Morgan fingerprint density at radius 1 is 1.20 bits per heavy atom. The Bertz CT molecular complexity index is 1560. The number of nitrogens with one attached hydrogen (secondary N) is 3. The average molecular weight is 577 g/mol. The minimum atomic E-state index is -2.55. The Hall–Kier alpha value is -2.72. The van der Waals surface area contributed by atoms with Gasteiger partial charge in [0, 0.05) is 70.2 Å². The van der Waals surface area contributed by atoms with Crippen LogP contribution in [0.1, 0.15) is 81.5 Å². The quantitative estimate of drug-likeness (QED) is 0.277. The summed E-state index contributed by atoms with van der Waals surface area (Å²) in [7, 11) is 0. The monoisotopic (exact) mass is 576 g/mol. The molecule has 1 atom stereocenters. The molecule has 0 radical (unpaired) electrons. The SMILES string of the molecule is [2H]C([2H])(NC(=O)c1c(C)n([C@H](C)C2CCC(NC3CC(F)(F)C3)CC2)c2ccc(F)cc12)c1c(SC)cc(C)[nH]c1=O. The topological polar surface area (TPSA) is 78.9 Å². The van der Waals surface area contributed by atoms with Gasteiger partial charge < -0.3 is 20.2 Å². The predicted octanol–water partition coefficient (Wildman–Crippen LogP) is 6.24. The zero-order chi connectivity index (χ0) is 30.6. The number of aryl methyl sites for hydroxylation is 1. The van der Waals surface area contributed by atoms with E-state index in [1.54, 1.807) is 32.2 Å². The van der Waals surface area contributed by atoms with E-state index in [1.165, 1.54) is 23.9 Å². The number of nitrogens with zero attached hydrogens (tertiary/aromatic N) is 1. The molecule has 40 heavy (non-hydrogen) atoms. The van der Waals surface area contributed by atoms with Crippen molar-refractivity contribution in [2.45, 2.75) is 94.7 Å². The summed E-state index contributed by atoms with van der Waals surface area (Å²) in [6.45, 7) is 3.05. The molecule has 1 aromatic carbocycles. The second-order valence-electron chi connectivity index (χ2n) is 11.3. The van der Waals surface area contributed by atoms with Crippen LogP contribution in [0, 0.1) is 25.6 Å². The number of thioether (sulfide) groups is 1. The summed E-state index contributed by atoms with van der Waals surface area (Å²) in [6, 6.07) is 5.95. The van der Waals surface area contributed by atoms with Crippen molar-refractivity contribution >= 4 is 28.6 Å². The van der Waals surface area contributed by atoms with Crippen LogP contribution in [0.5, 0.6) is 0 Å². The molecule has 0 bridgehead atoms. The molecule has 2 aliphatic rings. The van der Waals surface area contributed by atoms with Crippen LogP contribution in [0.2, 0.25) is 0 Å². The molecule has 5 rings (SSSR count). The first kappa shape index (κ1) is 26.2. The van der Waals surface area contributed by atoms with Crippen molar-refractivity contribution in [2.24, 2.45) is 5.92 Å². The van der Waals surface area contributed by atoms with Crippen LogP contribution in [0.25, 0.3) is 10.9 Å². The Balaban J connectivity index is 1.40. The van der Waals surface area contributed by atoms with Gasteiger partial charge in [0.1, 0.15) is 5.82 Å². The number of benzene rings is 1. The summed E-state index contributed by atoms with van der Waals surface area (Å²) in [5.41, 5.74) is 1.17. The van der Waals surface area contributed by atoms with Gasteiger partial charge in [0.2, 0.25) is 0 Å². The highest BCUT2D eigenvalue weighted by molar-refractivity contribution is 7.98. The molecule has 1 amide bonds. The number of rotatable bonds is 8. The summed E-state index contributed by atoms with van der Waals surface area (Å²) >= 11 is 1.21. The van der Waals surface area contributed by atoms with E-state index in [-0.39, 0.29) is 48.0 Å². The third-order valence-corrected chi connectivity index (χ3v) is 9.28. The van der Waals surface area contributed by atoms with Crippen LogP contribution in [-0.4, -0.2) is 39.7 Å². The number of amides is 1. The van der Waals surface area contributed by atoms with E-state index in [0.29, 0.717) is 27.2 Å². The number of alkyl halides is 2. The molecule has 10 heteroatoms. The number of hydrogen-bond acceptors (Lipinski definition) is 4. The van der Waals surface area contributed by atoms with E-state index >= 15 is 0 Å². The molecule has 2 aliphatic carbocycles. The van der Waals surface area contributed by atoms with Crippen LogP contribution in [-0.2, 0) is 6.50 Å². The van der Waals surface area contributed by atoms with Crippen molar-refractivity contribution < 1.29 is 20.7 Å². The van der Waals surface area contributed by atoms with E-state index in [0.717, 1.165) is 25.7 Å². The summed E-state index contributed by atoms with van der Waals surface area (Å²) in [5, 5.41) is 6.17. The van der Waals surface area contributed by atoms with E-state index in [9.17, 15) is 22.8 Å². The lowest BCUT2D eigenvalue weighted by atomic mass is 9.80. The minimum Gasteiger partial charge on any atom is -0.348 e. The first-order chi connectivity index (χ1) is 19.7. The maximum Gasteiger partial charge on any atom is 0.254 e. The predicted molar refractivity (Wildman–Crippen MR) is 153 cm³/mol. The molecule has 0 aliphatic heterocycles. The molecule has 0 saturated heterocycles. The van der Waals surface area contributed by atoms with Gasteiger partial charge in [0.25, 0.3) is 17.4 Å². The molecule has 2 aromatic heterocycles. The van der Waals surface area contributed by atoms with Gasteiger partial charge in [-0.05, 0) is 82.9 Å². The molecular weight excluding hydrogens is 537 g/mol. The maximum absolute atomic E-state index is 14.5. The molecule has 216 valence electrons. The summed E-state index contributed by atoms with van der Waals surface area (Å²) in [5.74, 6) is -3.55. The van der Waals surface area contributed by atoms with Crippen molar-refractivity contribution in [3.05, 3.63) is 63.0 Å². The molecule has 0 unspecified atom stereocenters. The zero-order valence-corrected chi connectivity index (χ0v) is 24.0. The second kappa shape index (κ2) is 11.3. The molecule has 0 spiro atoms. The first-order valence-corrected chi connectivity index (χ1v) is 15.0. The van der Waals surface area contributed by atoms with E-state index < -0.39 is 29.7 Å². The zero-order valence-electron chi connectivity index (χ0n) is 25.2.